The number of rotatable bonds is 4. The van der Waals surface area contributed by atoms with Crippen LogP contribution in [0.3, 0.4) is 0 Å². The molecule has 0 saturated heterocycles. The molecule has 0 saturated carbocycles. The maximum Gasteiger partial charge on any atom is 0.344 e. The first-order chi connectivity index (χ1) is 10.5. The van der Waals surface area contributed by atoms with E-state index in [0.717, 1.165) is 24.0 Å². The van der Waals surface area contributed by atoms with Gasteiger partial charge in [-0.25, -0.2) is 4.79 Å². The van der Waals surface area contributed by atoms with Crippen LogP contribution in [0.4, 0.5) is 5.69 Å². The highest BCUT2D eigenvalue weighted by Gasteiger charge is 2.39. The van der Waals surface area contributed by atoms with Crippen molar-refractivity contribution in [2.75, 3.05) is 0 Å². The third-order valence-electron chi connectivity index (χ3n) is 4.78. The lowest BCUT2D eigenvalue weighted by molar-refractivity contribution is -0.386. The van der Waals surface area contributed by atoms with Crippen molar-refractivity contribution in [3.05, 3.63) is 33.4 Å². The van der Waals surface area contributed by atoms with Crippen LogP contribution in [0.2, 0.25) is 0 Å². The Kier molecular flexibility index (Phi) is 4.13. The van der Waals surface area contributed by atoms with Crippen LogP contribution < -0.4 is 4.74 Å². The number of carboxylic acid groups (broad SMARTS) is 1. The number of nitro groups is 1. The Morgan fingerprint density at radius 2 is 1.70 bits per heavy atom. The second-order valence-electron chi connectivity index (χ2n) is 7.49. The number of aliphatic carboxylic acids is 1. The van der Waals surface area contributed by atoms with Crippen molar-refractivity contribution in [3.63, 3.8) is 0 Å². The van der Waals surface area contributed by atoms with Crippen LogP contribution in [0.25, 0.3) is 0 Å². The van der Waals surface area contributed by atoms with Gasteiger partial charge in [0.1, 0.15) is 0 Å². The molecule has 0 aromatic heterocycles. The lowest BCUT2D eigenvalue weighted by Gasteiger charge is -2.41. The van der Waals surface area contributed by atoms with Crippen LogP contribution in [0.5, 0.6) is 5.75 Å². The molecular formula is C17H23NO5. The second kappa shape index (κ2) is 5.51. The standard InChI is InChI=1S/C17H23NO5/c1-10(15(19)20)23-14-9-12-11(8-13(14)18(21)22)16(2,3)6-7-17(12,4)5/h8-10H,6-7H2,1-5H3,(H,19,20). The average Bonchev–Trinajstić information content (AvgIpc) is 2.43. The minimum Gasteiger partial charge on any atom is -0.479 e. The number of carbonyl (C=O) groups is 1. The molecule has 1 atom stereocenters. The Hall–Kier alpha value is -2.11. The van der Waals surface area contributed by atoms with Crippen molar-refractivity contribution >= 4 is 11.7 Å². The number of benzene rings is 1. The zero-order valence-electron chi connectivity index (χ0n) is 14.2. The highest BCUT2D eigenvalue weighted by molar-refractivity contribution is 5.72. The molecule has 1 N–H and O–H groups in total. The second-order valence-corrected chi connectivity index (χ2v) is 7.49. The number of ether oxygens (including phenoxy) is 1. The Morgan fingerprint density at radius 1 is 1.22 bits per heavy atom. The van der Waals surface area contributed by atoms with Gasteiger partial charge in [-0.2, -0.15) is 0 Å². The zero-order valence-corrected chi connectivity index (χ0v) is 14.2. The number of nitrogens with zero attached hydrogens (tertiary/aromatic N) is 1. The molecular weight excluding hydrogens is 298 g/mol. The number of nitro benzene ring substituents is 1. The summed E-state index contributed by atoms with van der Waals surface area (Å²) in [4.78, 5) is 21.9. The van der Waals surface area contributed by atoms with E-state index in [1.165, 1.54) is 6.92 Å². The molecule has 0 radical (unpaired) electrons. The van der Waals surface area contributed by atoms with Gasteiger partial charge in [-0.3, -0.25) is 10.1 Å². The predicted molar refractivity (Wildman–Crippen MR) is 86.1 cm³/mol. The lowest BCUT2D eigenvalue weighted by Crippen LogP contribution is -2.34. The Bertz CT molecular complexity index is 663. The molecule has 0 spiro atoms. The molecule has 126 valence electrons. The summed E-state index contributed by atoms with van der Waals surface area (Å²) in [7, 11) is 0. The molecule has 1 aromatic carbocycles. The Morgan fingerprint density at radius 3 is 2.13 bits per heavy atom. The summed E-state index contributed by atoms with van der Waals surface area (Å²) in [5.74, 6) is -1.13. The minimum atomic E-state index is -1.16. The number of hydrogen-bond acceptors (Lipinski definition) is 4. The minimum absolute atomic E-state index is 0.0226. The van der Waals surface area contributed by atoms with Crippen LogP contribution >= 0.6 is 0 Å². The summed E-state index contributed by atoms with van der Waals surface area (Å²) in [5, 5.41) is 20.4. The topological polar surface area (TPSA) is 89.7 Å². The molecule has 1 aliphatic rings. The van der Waals surface area contributed by atoms with Gasteiger partial charge in [0.15, 0.2) is 11.9 Å². The fourth-order valence-electron chi connectivity index (χ4n) is 3.06. The van der Waals surface area contributed by atoms with Crippen LogP contribution in [-0.2, 0) is 15.6 Å². The Balaban J connectivity index is 2.65. The van der Waals surface area contributed by atoms with Gasteiger partial charge in [0, 0.05) is 6.07 Å². The highest BCUT2D eigenvalue weighted by Crippen LogP contribution is 2.49. The normalized spacial score (nSPS) is 19.5. The summed E-state index contributed by atoms with van der Waals surface area (Å²) >= 11 is 0. The zero-order chi connectivity index (χ0) is 17.6. The predicted octanol–water partition coefficient (Wildman–Crippen LogP) is 3.80. The van der Waals surface area contributed by atoms with E-state index in [1.807, 2.05) is 0 Å². The van der Waals surface area contributed by atoms with Gasteiger partial charge < -0.3 is 9.84 Å². The summed E-state index contributed by atoms with van der Waals surface area (Å²) in [6.07, 6.45) is 0.751. The molecule has 1 aromatic rings. The van der Waals surface area contributed by atoms with E-state index in [4.69, 9.17) is 9.84 Å². The van der Waals surface area contributed by atoms with Gasteiger partial charge in [-0.05, 0) is 47.8 Å². The van der Waals surface area contributed by atoms with Gasteiger partial charge in [-0.1, -0.05) is 27.7 Å². The summed E-state index contributed by atoms with van der Waals surface area (Å²) in [6.45, 7) is 9.70. The molecule has 0 heterocycles. The van der Waals surface area contributed by atoms with E-state index in [9.17, 15) is 14.9 Å². The van der Waals surface area contributed by atoms with Gasteiger partial charge >= 0.3 is 11.7 Å². The maximum absolute atomic E-state index is 11.4. The summed E-state index contributed by atoms with van der Waals surface area (Å²) < 4.78 is 5.35. The smallest absolute Gasteiger partial charge is 0.344 e. The molecule has 6 nitrogen and oxygen atoms in total. The van der Waals surface area contributed by atoms with E-state index >= 15 is 0 Å². The van der Waals surface area contributed by atoms with Gasteiger partial charge in [0.2, 0.25) is 0 Å². The third-order valence-corrected chi connectivity index (χ3v) is 4.78. The fraction of sp³-hybridized carbons (Fsp3) is 0.588. The number of hydrogen-bond donors (Lipinski definition) is 1. The molecule has 0 fully saturated rings. The number of fused-ring (bicyclic) bond motifs is 1. The maximum atomic E-state index is 11.4. The van der Waals surface area contributed by atoms with Crippen molar-refractivity contribution in [3.8, 4) is 5.75 Å². The van der Waals surface area contributed by atoms with Crippen LogP contribution in [0.1, 0.15) is 58.6 Å². The lowest BCUT2D eigenvalue weighted by atomic mass is 9.63. The molecule has 0 aliphatic heterocycles. The van der Waals surface area contributed by atoms with E-state index in [-0.39, 0.29) is 22.3 Å². The summed E-state index contributed by atoms with van der Waals surface area (Å²) in [5.41, 5.74) is 1.46. The molecule has 1 unspecified atom stereocenters. The van der Waals surface area contributed by atoms with Gasteiger partial charge in [0.25, 0.3) is 0 Å². The van der Waals surface area contributed by atoms with E-state index in [1.54, 1.807) is 12.1 Å². The van der Waals surface area contributed by atoms with Crippen molar-refractivity contribution in [2.24, 2.45) is 0 Å². The first kappa shape index (κ1) is 17.2. The molecule has 1 aliphatic carbocycles. The van der Waals surface area contributed by atoms with Crippen molar-refractivity contribution in [1.82, 2.24) is 0 Å². The molecule has 0 bridgehead atoms. The SMILES string of the molecule is CC(Oc1cc2c(cc1[N+](=O)[O-])C(C)(C)CCC2(C)C)C(=O)O. The van der Waals surface area contributed by atoms with Crippen molar-refractivity contribution in [1.29, 1.82) is 0 Å². The Labute approximate surface area is 135 Å². The van der Waals surface area contributed by atoms with E-state index in [0.29, 0.717) is 0 Å². The van der Waals surface area contributed by atoms with Gasteiger partial charge in [-0.15, -0.1) is 0 Å². The number of carboxylic acids is 1. The largest absolute Gasteiger partial charge is 0.479 e. The molecule has 2 rings (SSSR count). The van der Waals surface area contributed by atoms with E-state index in [2.05, 4.69) is 27.7 Å². The molecule has 23 heavy (non-hydrogen) atoms. The molecule has 6 heteroatoms. The highest BCUT2D eigenvalue weighted by atomic mass is 16.6. The first-order valence-electron chi connectivity index (χ1n) is 7.68. The van der Waals surface area contributed by atoms with Crippen molar-refractivity contribution < 1.29 is 19.6 Å². The van der Waals surface area contributed by atoms with Gasteiger partial charge in [0.05, 0.1) is 4.92 Å². The van der Waals surface area contributed by atoms with Crippen LogP contribution in [0, 0.1) is 10.1 Å². The monoisotopic (exact) mass is 321 g/mol. The summed E-state index contributed by atoms with van der Waals surface area (Å²) in [6, 6.07) is 3.22. The molecule has 0 amide bonds. The average molecular weight is 321 g/mol. The quantitative estimate of drug-likeness (QED) is 0.673. The van der Waals surface area contributed by atoms with Crippen LogP contribution in [0.15, 0.2) is 12.1 Å². The third kappa shape index (κ3) is 3.16. The van der Waals surface area contributed by atoms with Crippen LogP contribution in [-0.4, -0.2) is 22.1 Å². The fourth-order valence-corrected chi connectivity index (χ4v) is 3.06. The van der Waals surface area contributed by atoms with E-state index < -0.39 is 17.0 Å². The van der Waals surface area contributed by atoms with Crippen molar-refractivity contribution in [2.45, 2.75) is 64.4 Å². The first-order valence-corrected chi connectivity index (χ1v) is 7.68.